The van der Waals surface area contributed by atoms with Crippen molar-refractivity contribution in [1.82, 2.24) is 4.90 Å². The average molecular weight is 412 g/mol. The molecule has 1 heterocycles. The Morgan fingerprint density at radius 1 is 1.25 bits per heavy atom. The smallest absolute Gasteiger partial charge is 0.311 e. The van der Waals surface area contributed by atoms with E-state index in [4.69, 9.17) is 12.2 Å². The predicted octanol–water partition coefficient (Wildman–Crippen LogP) is 4.28. The van der Waals surface area contributed by atoms with Crippen LogP contribution in [0.4, 0.5) is 5.69 Å². The summed E-state index contributed by atoms with van der Waals surface area (Å²) >= 11 is 6.29. The first-order valence-electron chi connectivity index (χ1n) is 8.31. The summed E-state index contributed by atoms with van der Waals surface area (Å²) in [6.07, 6.45) is 3.47. The number of thiocarbonyl (C=S) groups is 1. The average Bonchev–Trinajstić information content (AvgIpc) is 2.92. The van der Waals surface area contributed by atoms with Crippen LogP contribution in [0.3, 0.4) is 0 Å². The molecule has 6 nitrogen and oxygen atoms in total. The third-order valence-electron chi connectivity index (χ3n) is 4.10. The molecule has 0 aliphatic carbocycles. The van der Waals surface area contributed by atoms with Gasteiger partial charge in [0, 0.05) is 18.2 Å². The molecule has 1 amide bonds. The number of rotatable bonds is 6. The Morgan fingerprint density at radius 3 is 2.61 bits per heavy atom. The Kier molecular flexibility index (Phi) is 5.91. The molecule has 0 bridgehead atoms. The Bertz CT molecular complexity index is 1000. The Hall–Kier alpha value is -2.97. The summed E-state index contributed by atoms with van der Waals surface area (Å²) in [6, 6.07) is 12.5. The topological polar surface area (TPSA) is 83.7 Å². The first-order chi connectivity index (χ1) is 13.4. The highest BCUT2D eigenvalue weighted by molar-refractivity contribution is 8.26. The molecule has 8 heteroatoms. The van der Waals surface area contributed by atoms with Crippen molar-refractivity contribution < 1.29 is 14.8 Å². The predicted molar refractivity (Wildman–Crippen MR) is 114 cm³/mol. The van der Waals surface area contributed by atoms with Crippen LogP contribution in [0.2, 0.25) is 0 Å². The van der Waals surface area contributed by atoms with Crippen molar-refractivity contribution in [2.45, 2.75) is 6.42 Å². The fraction of sp³-hybridized carbons (Fsp3) is 0.100. The summed E-state index contributed by atoms with van der Waals surface area (Å²) in [5, 5.41) is 21.7. The van der Waals surface area contributed by atoms with Gasteiger partial charge in [-0.1, -0.05) is 60.4 Å². The van der Waals surface area contributed by atoms with Crippen molar-refractivity contribution in [3.8, 4) is 5.75 Å². The van der Waals surface area contributed by atoms with Crippen LogP contribution < -0.4 is 0 Å². The molecule has 0 aromatic heterocycles. The SMILES string of the molecule is C=CCN1C(=O)/C(=C\c2cc(Cc3ccccc3)cc([N+](=O)[O-])c2O)SC1=S. The van der Waals surface area contributed by atoms with E-state index in [0.29, 0.717) is 21.2 Å². The second-order valence-corrected chi connectivity index (χ2v) is 7.73. The number of carbonyl (C=O) groups is 1. The lowest BCUT2D eigenvalue weighted by Crippen LogP contribution is -2.27. The summed E-state index contributed by atoms with van der Waals surface area (Å²) in [5.74, 6) is -0.791. The van der Waals surface area contributed by atoms with Gasteiger partial charge >= 0.3 is 5.69 Å². The fourth-order valence-electron chi connectivity index (χ4n) is 2.81. The molecule has 2 aromatic carbocycles. The van der Waals surface area contributed by atoms with Gasteiger partial charge in [-0.2, -0.15) is 0 Å². The van der Waals surface area contributed by atoms with E-state index in [1.54, 1.807) is 12.1 Å². The van der Waals surface area contributed by atoms with Crippen molar-refractivity contribution in [1.29, 1.82) is 0 Å². The molecule has 1 N–H and O–H groups in total. The molecule has 1 saturated heterocycles. The van der Waals surface area contributed by atoms with E-state index in [0.717, 1.165) is 17.3 Å². The number of nitrogens with zero attached hydrogens (tertiary/aromatic N) is 2. The molecular weight excluding hydrogens is 396 g/mol. The number of hydrogen-bond acceptors (Lipinski definition) is 6. The number of thioether (sulfide) groups is 1. The number of benzene rings is 2. The minimum atomic E-state index is -0.635. The van der Waals surface area contributed by atoms with E-state index in [-0.39, 0.29) is 18.0 Å². The van der Waals surface area contributed by atoms with Crippen molar-refractivity contribution in [2.24, 2.45) is 0 Å². The number of phenolic OH excluding ortho intramolecular Hbond substituents is 1. The molecule has 1 aliphatic rings. The van der Waals surface area contributed by atoms with E-state index in [1.807, 2.05) is 30.3 Å². The van der Waals surface area contributed by atoms with Crippen molar-refractivity contribution >= 4 is 46.0 Å². The van der Waals surface area contributed by atoms with Gasteiger partial charge in [0.25, 0.3) is 5.91 Å². The third-order valence-corrected chi connectivity index (χ3v) is 5.48. The quantitative estimate of drug-likeness (QED) is 0.251. The summed E-state index contributed by atoms with van der Waals surface area (Å²) in [6.45, 7) is 3.88. The molecule has 2 aromatic rings. The highest BCUT2D eigenvalue weighted by Gasteiger charge is 2.31. The maximum atomic E-state index is 12.5. The molecule has 28 heavy (non-hydrogen) atoms. The summed E-state index contributed by atoms with van der Waals surface area (Å²) in [4.78, 5) is 24.9. The van der Waals surface area contributed by atoms with Crippen molar-refractivity contribution in [3.05, 3.63) is 86.8 Å². The van der Waals surface area contributed by atoms with E-state index < -0.39 is 16.4 Å². The molecule has 0 unspecified atom stereocenters. The first-order valence-corrected chi connectivity index (χ1v) is 9.53. The standard InChI is InChI=1S/C20H16N2O4S2/c1-2-8-21-19(24)17(28-20(21)27)12-15-10-14(9-13-6-4-3-5-7-13)11-16(18(15)23)22(25)26/h2-7,10-12,23H,1,8-9H2/b17-12+. The van der Waals surface area contributed by atoms with Gasteiger partial charge in [-0.25, -0.2) is 0 Å². The molecule has 0 radical (unpaired) electrons. The number of nitro groups is 1. The highest BCUT2D eigenvalue weighted by Crippen LogP contribution is 2.37. The second-order valence-electron chi connectivity index (χ2n) is 6.05. The van der Waals surface area contributed by atoms with Crippen LogP contribution in [0, 0.1) is 10.1 Å². The van der Waals surface area contributed by atoms with Gasteiger partial charge in [0.05, 0.1) is 9.83 Å². The Labute approximate surface area is 171 Å². The van der Waals surface area contributed by atoms with Crippen LogP contribution in [0.5, 0.6) is 5.75 Å². The molecule has 142 valence electrons. The summed E-state index contributed by atoms with van der Waals surface area (Å²) in [5.41, 5.74) is 1.44. The fourth-order valence-corrected chi connectivity index (χ4v) is 4.08. The number of aromatic hydroxyl groups is 1. The zero-order chi connectivity index (χ0) is 20.3. The first kappa shape index (κ1) is 19.8. The zero-order valence-corrected chi connectivity index (χ0v) is 16.3. The van der Waals surface area contributed by atoms with Gasteiger partial charge in [0.1, 0.15) is 4.32 Å². The number of hydrogen-bond donors (Lipinski definition) is 1. The van der Waals surface area contributed by atoms with Gasteiger partial charge in [-0.15, -0.1) is 6.58 Å². The van der Waals surface area contributed by atoms with Crippen LogP contribution in [-0.2, 0) is 11.2 Å². The Balaban J connectivity index is 2.02. The van der Waals surface area contributed by atoms with E-state index >= 15 is 0 Å². The molecule has 0 atom stereocenters. The number of amides is 1. The Morgan fingerprint density at radius 2 is 1.96 bits per heavy atom. The van der Waals surface area contributed by atoms with Crippen molar-refractivity contribution in [2.75, 3.05) is 6.54 Å². The van der Waals surface area contributed by atoms with Gasteiger partial charge < -0.3 is 5.11 Å². The monoisotopic (exact) mass is 412 g/mol. The zero-order valence-electron chi connectivity index (χ0n) is 14.7. The van der Waals surface area contributed by atoms with Gasteiger partial charge in [0.2, 0.25) is 5.75 Å². The van der Waals surface area contributed by atoms with Gasteiger partial charge in [-0.05, 0) is 29.7 Å². The number of phenols is 1. The molecular formula is C20H16N2O4S2. The van der Waals surface area contributed by atoms with Crippen LogP contribution in [0.15, 0.2) is 60.0 Å². The molecule has 1 fully saturated rings. The van der Waals surface area contributed by atoms with Gasteiger partial charge in [-0.3, -0.25) is 19.8 Å². The van der Waals surface area contributed by atoms with Gasteiger partial charge in [0.15, 0.2) is 0 Å². The van der Waals surface area contributed by atoms with Crippen molar-refractivity contribution in [3.63, 3.8) is 0 Å². The largest absolute Gasteiger partial charge is 0.502 e. The molecule has 0 spiro atoms. The molecule has 3 rings (SSSR count). The maximum Gasteiger partial charge on any atom is 0.311 e. The van der Waals surface area contributed by atoms with E-state index in [1.165, 1.54) is 17.0 Å². The minimum absolute atomic E-state index is 0.208. The van der Waals surface area contributed by atoms with Crippen LogP contribution >= 0.6 is 24.0 Å². The normalized spacial score (nSPS) is 15.3. The minimum Gasteiger partial charge on any atom is -0.502 e. The second kappa shape index (κ2) is 8.37. The van der Waals surface area contributed by atoms with E-state index in [9.17, 15) is 20.0 Å². The highest BCUT2D eigenvalue weighted by atomic mass is 32.2. The lowest BCUT2D eigenvalue weighted by atomic mass is 10.0. The lowest BCUT2D eigenvalue weighted by Gasteiger charge is -2.10. The number of nitro benzene ring substituents is 1. The third kappa shape index (κ3) is 4.13. The summed E-state index contributed by atoms with van der Waals surface area (Å²) < 4.78 is 0.380. The molecule has 0 saturated carbocycles. The summed E-state index contributed by atoms with van der Waals surface area (Å²) in [7, 11) is 0. The van der Waals surface area contributed by atoms with Crippen LogP contribution in [0.25, 0.3) is 6.08 Å². The lowest BCUT2D eigenvalue weighted by molar-refractivity contribution is -0.385. The maximum absolute atomic E-state index is 12.5. The molecule has 1 aliphatic heterocycles. The van der Waals surface area contributed by atoms with Crippen LogP contribution in [-0.4, -0.2) is 31.7 Å². The van der Waals surface area contributed by atoms with E-state index in [2.05, 4.69) is 6.58 Å². The van der Waals surface area contributed by atoms with Crippen LogP contribution in [0.1, 0.15) is 16.7 Å². The number of carbonyl (C=O) groups excluding carboxylic acids is 1.